The smallest absolute Gasteiger partial charge is 0.339 e. The van der Waals surface area contributed by atoms with Crippen molar-refractivity contribution in [3.63, 3.8) is 0 Å². The molecule has 0 radical (unpaired) electrons. The standard InChI is InChI=1S/C12H11BrN2O3/c13-9-1-2-10(12(16)17)11(7-9)18-6-5-15-4-3-14-8-15/h1-4,7-8H,5-6H2,(H,16,17). The van der Waals surface area contributed by atoms with Gasteiger partial charge < -0.3 is 14.4 Å². The van der Waals surface area contributed by atoms with Crippen LogP contribution in [0.3, 0.4) is 0 Å². The summed E-state index contributed by atoms with van der Waals surface area (Å²) in [6.07, 6.45) is 5.19. The number of nitrogens with zero attached hydrogens (tertiary/aromatic N) is 2. The van der Waals surface area contributed by atoms with E-state index in [1.165, 1.54) is 6.07 Å². The van der Waals surface area contributed by atoms with Gasteiger partial charge in [0.1, 0.15) is 17.9 Å². The highest BCUT2D eigenvalue weighted by molar-refractivity contribution is 9.10. The Bertz CT molecular complexity index is 540. The molecule has 0 spiro atoms. The Labute approximate surface area is 112 Å². The van der Waals surface area contributed by atoms with Crippen LogP contribution in [-0.2, 0) is 6.54 Å². The van der Waals surface area contributed by atoms with Crippen molar-refractivity contribution in [2.45, 2.75) is 6.54 Å². The van der Waals surface area contributed by atoms with Crippen LogP contribution in [0.4, 0.5) is 0 Å². The molecule has 0 amide bonds. The summed E-state index contributed by atoms with van der Waals surface area (Å²) < 4.78 is 8.14. The van der Waals surface area contributed by atoms with E-state index in [1.807, 2.05) is 10.8 Å². The predicted octanol–water partition coefficient (Wildman–Crippen LogP) is 2.42. The van der Waals surface area contributed by atoms with Crippen LogP contribution in [0, 0.1) is 0 Å². The third kappa shape index (κ3) is 3.10. The molecule has 1 aromatic carbocycles. The number of carbonyl (C=O) groups is 1. The summed E-state index contributed by atoms with van der Waals surface area (Å²) in [6.45, 7) is 0.999. The van der Waals surface area contributed by atoms with Crippen LogP contribution in [0.5, 0.6) is 5.75 Å². The molecule has 0 saturated heterocycles. The Morgan fingerprint density at radius 2 is 2.33 bits per heavy atom. The Morgan fingerprint density at radius 1 is 1.50 bits per heavy atom. The minimum Gasteiger partial charge on any atom is -0.491 e. The number of aromatic carboxylic acids is 1. The average Bonchev–Trinajstić information content (AvgIpc) is 2.82. The number of benzene rings is 1. The van der Waals surface area contributed by atoms with Gasteiger partial charge in [-0.3, -0.25) is 0 Å². The third-order valence-corrected chi connectivity index (χ3v) is 2.83. The molecular formula is C12H11BrN2O3. The van der Waals surface area contributed by atoms with E-state index >= 15 is 0 Å². The molecule has 18 heavy (non-hydrogen) atoms. The van der Waals surface area contributed by atoms with Crippen LogP contribution < -0.4 is 4.74 Å². The molecule has 1 heterocycles. The molecule has 2 aromatic rings. The number of halogens is 1. The molecule has 0 aliphatic heterocycles. The lowest BCUT2D eigenvalue weighted by atomic mass is 10.2. The molecule has 5 nitrogen and oxygen atoms in total. The van der Waals surface area contributed by atoms with E-state index in [9.17, 15) is 4.79 Å². The number of carboxylic acids is 1. The van der Waals surface area contributed by atoms with Gasteiger partial charge >= 0.3 is 5.97 Å². The maximum atomic E-state index is 11.0. The first kappa shape index (κ1) is 12.6. The van der Waals surface area contributed by atoms with Crippen molar-refractivity contribution < 1.29 is 14.6 Å². The number of aromatic nitrogens is 2. The van der Waals surface area contributed by atoms with E-state index in [2.05, 4.69) is 20.9 Å². The van der Waals surface area contributed by atoms with Gasteiger partial charge in [0, 0.05) is 16.9 Å². The lowest BCUT2D eigenvalue weighted by Gasteiger charge is -2.09. The van der Waals surface area contributed by atoms with Crippen LogP contribution in [0.1, 0.15) is 10.4 Å². The van der Waals surface area contributed by atoms with Gasteiger partial charge in [-0.05, 0) is 18.2 Å². The van der Waals surface area contributed by atoms with E-state index in [0.29, 0.717) is 18.9 Å². The largest absolute Gasteiger partial charge is 0.491 e. The second-order valence-corrected chi connectivity index (χ2v) is 4.51. The number of imidazole rings is 1. The number of hydrogen-bond donors (Lipinski definition) is 1. The Balaban J connectivity index is 2.03. The fourth-order valence-corrected chi connectivity index (χ4v) is 1.81. The minimum atomic E-state index is -1.000. The minimum absolute atomic E-state index is 0.156. The van der Waals surface area contributed by atoms with E-state index < -0.39 is 5.97 Å². The highest BCUT2D eigenvalue weighted by Gasteiger charge is 2.11. The number of ether oxygens (including phenoxy) is 1. The normalized spacial score (nSPS) is 10.3. The van der Waals surface area contributed by atoms with Gasteiger partial charge in [0.2, 0.25) is 0 Å². The lowest BCUT2D eigenvalue weighted by Crippen LogP contribution is -2.09. The molecule has 6 heteroatoms. The van der Waals surface area contributed by atoms with E-state index in [-0.39, 0.29) is 5.56 Å². The van der Waals surface area contributed by atoms with Crippen LogP contribution in [0.15, 0.2) is 41.4 Å². The molecule has 0 atom stereocenters. The van der Waals surface area contributed by atoms with Gasteiger partial charge in [0.05, 0.1) is 12.9 Å². The monoisotopic (exact) mass is 310 g/mol. The number of hydrogen-bond acceptors (Lipinski definition) is 3. The summed E-state index contributed by atoms with van der Waals surface area (Å²) in [6, 6.07) is 4.84. The molecule has 0 fully saturated rings. The van der Waals surface area contributed by atoms with Crippen LogP contribution in [0.2, 0.25) is 0 Å². The molecule has 0 saturated carbocycles. The maximum absolute atomic E-state index is 11.0. The van der Waals surface area contributed by atoms with Gasteiger partial charge in [-0.15, -0.1) is 0 Å². The van der Waals surface area contributed by atoms with Crippen LogP contribution in [-0.4, -0.2) is 27.2 Å². The summed E-state index contributed by atoms with van der Waals surface area (Å²) in [5, 5.41) is 9.03. The zero-order valence-corrected chi connectivity index (χ0v) is 11.0. The molecule has 2 rings (SSSR count). The van der Waals surface area contributed by atoms with Gasteiger partial charge in [-0.25, -0.2) is 9.78 Å². The zero-order valence-electron chi connectivity index (χ0n) is 9.41. The molecule has 1 aromatic heterocycles. The van der Waals surface area contributed by atoms with E-state index in [0.717, 1.165) is 4.47 Å². The lowest BCUT2D eigenvalue weighted by molar-refractivity contribution is 0.0692. The number of carboxylic acid groups (broad SMARTS) is 1. The molecule has 94 valence electrons. The van der Waals surface area contributed by atoms with Crippen molar-refractivity contribution in [3.8, 4) is 5.75 Å². The Hall–Kier alpha value is -1.82. The molecule has 0 unspecified atom stereocenters. The van der Waals surface area contributed by atoms with Gasteiger partial charge in [-0.1, -0.05) is 15.9 Å². The maximum Gasteiger partial charge on any atom is 0.339 e. The summed E-state index contributed by atoms with van der Waals surface area (Å²) >= 11 is 3.29. The fraction of sp³-hybridized carbons (Fsp3) is 0.167. The summed E-state index contributed by atoms with van der Waals surface area (Å²) in [4.78, 5) is 14.9. The Morgan fingerprint density at radius 3 is 3.00 bits per heavy atom. The topological polar surface area (TPSA) is 64.3 Å². The van der Waals surface area contributed by atoms with Crippen molar-refractivity contribution in [1.82, 2.24) is 9.55 Å². The first-order valence-corrected chi connectivity index (χ1v) is 6.07. The first-order valence-electron chi connectivity index (χ1n) is 5.28. The van der Waals surface area contributed by atoms with Crippen molar-refractivity contribution in [2.24, 2.45) is 0 Å². The van der Waals surface area contributed by atoms with Crippen LogP contribution >= 0.6 is 15.9 Å². The quantitative estimate of drug-likeness (QED) is 0.921. The fourth-order valence-electron chi connectivity index (χ4n) is 1.47. The average molecular weight is 311 g/mol. The van der Waals surface area contributed by atoms with Gasteiger partial charge in [0.15, 0.2) is 0 Å². The molecule has 1 N–H and O–H groups in total. The molecule has 0 bridgehead atoms. The predicted molar refractivity (Wildman–Crippen MR) is 68.8 cm³/mol. The summed E-state index contributed by atoms with van der Waals surface area (Å²) in [5.41, 5.74) is 0.156. The van der Waals surface area contributed by atoms with Crippen molar-refractivity contribution >= 4 is 21.9 Å². The van der Waals surface area contributed by atoms with E-state index in [1.54, 1.807) is 24.7 Å². The SMILES string of the molecule is O=C(O)c1ccc(Br)cc1OCCn1ccnc1. The number of rotatable bonds is 5. The zero-order chi connectivity index (χ0) is 13.0. The second kappa shape index (κ2) is 5.68. The van der Waals surface area contributed by atoms with Crippen LogP contribution in [0.25, 0.3) is 0 Å². The molecule has 0 aliphatic carbocycles. The van der Waals surface area contributed by atoms with Crippen molar-refractivity contribution in [3.05, 3.63) is 47.0 Å². The van der Waals surface area contributed by atoms with E-state index in [4.69, 9.17) is 9.84 Å². The van der Waals surface area contributed by atoms with Crippen molar-refractivity contribution in [1.29, 1.82) is 0 Å². The first-order chi connectivity index (χ1) is 8.66. The van der Waals surface area contributed by atoms with Crippen molar-refractivity contribution in [2.75, 3.05) is 6.61 Å². The third-order valence-electron chi connectivity index (χ3n) is 2.34. The molecule has 0 aliphatic rings. The van der Waals surface area contributed by atoms with Gasteiger partial charge in [0.25, 0.3) is 0 Å². The highest BCUT2D eigenvalue weighted by atomic mass is 79.9. The highest BCUT2D eigenvalue weighted by Crippen LogP contribution is 2.23. The second-order valence-electron chi connectivity index (χ2n) is 3.59. The van der Waals surface area contributed by atoms with Gasteiger partial charge in [-0.2, -0.15) is 0 Å². The Kier molecular flexibility index (Phi) is 3.99. The summed E-state index contributed by atoms with van der Waals surface area (Å²) in [5.74, 6) is -0.642. The molecular weight excluding hydrogens is 300 g/mol. The summed E-state index contributed by atoms with van der Waals surface area (Å²) in [7, 11) is 0.